The maximum Gasteiger partial charge on any atom is 0.409 e. The molecule has 4 rings (SSSR count). The topological polar surface area (TPSA) is 177 Å². The Morgan fingerprint density at radius 1 is 1.14 bits per heavy atom. The molecule has 0 aromatic heterocycles. The van der Waals surface area contributed by atoms with E-state index in [9.17, 15) is 29.1 Å². The number of epoxide rings is 1. The van der Waals surface area contributed by atoms with Crippen molar-refractivity contribution in [2.75, 3.05) is 52.6 Å². The van der Waals surface area contributed by atoms with Gasteiger partial charge in [-0.1, -0.05) is 70.0 Å². The summed E-state index contributed by atoms with van der Waals surface area (Å²) in [5.41, 5.74) is -1.00. The van der Waals surface area contributed by atoms with Crippen LogP contribution in [0.5, 0.6) is 5.75 Å². The number of allylic oxidation sites excluding steroid dienone is 3. The van der Waals surface area contributed by atoms with Crippen molar-refractivity contribution in [1.29, 1.82) is 0 Å². The van der Waals surface area contributed by atoms with Gasteiger partial charge in [0.05, 0.1) is 31.1 Å². The SMILES string of the molecule is COc1cc2cc(c1Cl)N(C)C(=O)C[C@H](OC(=O)[C@H](C)N(C)C(=O)CCC(C)(C)SCC(=O)N(C)CCC(C)C)[C@@]1(C)O[C@H]1[C@H](C)[C@@H]1C[C@@](O)(NC(=O)O1)[C@H](OC)/C=C/C=C(\C)C2. The fraction of sp³-hybridized carbons (Fsp3) is 0.674. The molecule has 4 amide bonds. The maximum absolute atomic E-state index is 14.3. The first-order valence-electron chi connectivity index (χ1n) is 21.6. The molecule has 2 saturated heterocycles. The molecule has 3 aliphatic rings. The third-order valence-corrected chi connectivity index (χ3v) is 14.3. The highest BCUT2D eigenvalue weighted by atomic mass is 35.5. The summed E-state index contributed by atoms with van der Waals surface area (Å²) in [4.78, 5) is 72.1. The summed E-state index contributed by atoms with van der Waals surface area (Å²) in [5, 5.41) is 14.6. The van der Waals surface area contributed by atoms with Crippen LogP contribution in [-0.4, -0.2) is 139 Å². The molecule has 0 spiro atoms. The second kappa shape index (κ2) is 21.4. The van der Waals surface area contributed by atoms with Crippen LogP contribution in [0.4, 0.5) is 10.5 Å². The van der Waals surface area contributed by atoms with Gasteiger partial charge in [0.1, 0.15) is 40.7 Å². The summed E-state index contributed by atoms with van der Waals surface area (Å²) < 4.78 is 29.1. The number of hydrogen-bond donors (Lipinski definition) is 2. The first-order chi connectivity index (χ1) is 29.4. The zero-order chi connectivity index (χ0) is 47.2. The van der Waals surface area contributed by atoms with Crippen LogP contribution < -0.4 is 15.0 Å². The number of fused-ring (bicyclic) bond motifs is 5. The molecule has 63 heavy (non-hydrogen) atoms. The van der Waals surface area contributed by atoms with Crippen molar-refractivity contribution in [3.05, 3.63) is 46.5 Å². The summed E-state index contributed by atoms with van der Waals surface area (Å²) >= 11 is 8.30. The number of halogens is 1. The molecule has 3 heterocycles. The Morgan fingerprint density at radius 3 is 2.46 bits per heavy atom. The quantitative estimate of drug-likeness (QED) is 0.157. The molecule has 1 aromatic rings. The second-order valence-electron chi connectivity index (χ2n) is 18.4. The van der Waals surface area contributed by atoms with E-state index in [2.05, 4.69) is 19.2 Å². The molecule has 15 nitrogen and oxygen atoms in total. The average molecular weight is 922 g/mol. The van der Waals surface area contributed by atoms with E-state index in [1.165, 1.54) is 42.8 Å². The summed E-state index contributed by atoms with van der Waals surface area (Å²) in [6, 6.07) is 2.54. The van der Waals surface area contributed by atoms with Crippen molar-refractivity contribution in [3.8, 4) is 5.75 Å². The highest BCUT2D eigenvalue weighted by Gasteiger charge is 2.64. The van der Waals surface area contributed by atoms with Gasteiger partial charge in [-0.2, -0.15) is 0 Å². The number of nitrogens with one attached hydrogen (secondary N) is 1. The molecule has 0 radical (unpaired) electrons. The van der Waals surface area contributed by atoms with Crippen LogP contribution in [0.1, 0.15) is 93.1 Å². The fourth-order valence-corrected chi connectivity index (χ4v) is 9.11. The number of anilines is 1. The monoisotopic (exact) mass is 920 g/mol. The van der Waals surface area contributed by atoms with Gasteiger partial charge in [0.2, 0.25) is 17.7 Å². The number of amides is 4. The van der Waals surface area contributed by atoms with E-state index < -0.39 is 70.4 Å². The lowest BCUT2D eigenvalue weighted by Crippen LogP contribution is -2.63. The lowest BCUT2D eigenvalue weighted by molar-refractivity contribution is -0.162. The molecule has 1 aromatic carbocycles. The van der Waals surface area contributed by atoms with Gasteiger partial charge in [-0.15, -0.1) is 11.8 Å². The van der Waals surface area contributed by atoms with Crippen LogP contribution in [0.15, 0.2) is 35.9 Å². The molecular weight excluding hydrogens is 852 g/mol. The number of aliphatic hydroxyl groups is 1. The summed E-state index contributed by atoms with van der Waals surface area (Å²) in [6.07, 6.45) is 2.26. The summed E-state index contributed by atoms with van der Waals surface area (Å²) in [7, 11) is 7.83. The molecule has 0 saturated carbocycles. The van der Waals surface area contributed by atoms with Gasteiger partial charge < -0.3 is 43.5 Å². The number of likely N-dealkylation sites (N-methyl/N-ethyl adjacent to an activating group) is 1. The van der Waals surface area contributed by atoms with Crippen LogP contribution in [0, 0.1) is 11.8 Å². The van der Waals surface area contributed by atoms with Crippen molar-refractivity contribution < 1.29 is 52.8 Å². The third kappa shape index (κ3) is 13.1. The number of hydrogen-bond acceptors (Lipinski definition) is 12. The molecule has 2 fully saturated rings. The molecule has 0 unspecified atom stereocenters. The number of rotatable bonds is 14. The average Bonchev–Trinajstić information content (AvgIpc) is 3.92. The molecule has 2 N–H and O–H groups in total. The van der Waals surface area contributed by atoms with Gasteiger partial charge in [0.25, 0.3) is 0 Å². The van der Waals surface area contributed by atoms with Gasteiger partial charge in [-0.05, 0) is 63.6 Å². The minimum atomic E-state index is -1.85. The van der Waals surface area contributed by atoms with Crippen molar-refractivity contribution in [1.82, 2.24) is 15.1 Å². The van der Waals surface area contributed by atoms with Crippen molar-refractivity contribution in [3.63, 3.8) is 0 Å². The minimum absolute atomic E-state index is 0.0347. The van der Waals surface area contributed by atoms with E-state index in [1.54, 1.807) is 64.1 Å². The summed E-state index contributed by atoms with van der Waals surface area (Å²) in [5.74, 6) is -0.866. The number of carbonyl (C=O) groups excluding carboxylic acids is 5. The van der Waals surface area contributed by atoms with Crippen LogP contribution in [0.25, 0.3) is 0 Å². The number of methoxy groups -OCH3 is 2. The number of ether oxygens (including phenoxy) is 5. The number of alkyl carbamates (subject to hydrolysis) is 1. The zero-order valence-electron chi connectivity index (χ0n) is 39.2. The Kier molecular flexibility index (Phi) is 17.6. The van der Waals surface area contributed by atoms with Crippen molar-refractivity contribution in [2.45, 2.75) is 140 Å². The predicted molar refractivity (Wildman–Crippen MR) is 244 cm³/mol. The lowest BCUT2D eigenvalue weighted by Gasteiger charge is -2.42. The van der Waals surface area contributed by atoms with Crippen LogP contribution in [0.2, 0.25) is 5.02 Å². The maximum atomic E-state index is 14.3. The second-order valence-corrected chi connectivity index (χ2v) is 20.5. The van der Waals surface area contributed by atoms with E-state index in [0.717, 1.165) is 17.6 Å². The highest BCUT2D eigenvalue weighted by molar-refractivity contribution is 8.01. The van der Waals surface area contributed by atoms with Gasteiger partial charge in [0.15, 0.2) is 5.72 Å². The Labute approximate surface area is 382 Å². The van der Waals surface area contributed by atoms with E-state index in [4.69, 9.17) is 35.3 Å². The Morgan fingerprint density at radius 2 is 1.83 bits per heavy atom. The van der Waals surface area contributed by atoms with Gasteiger partial charge in [-0.3, -0.25) is 19.7 Å². The Hall–Kier alpha value is -3.83. The molecule has 3 aliphatic heterocycles. The number of esters is 1. The largest absolute Gasteiger partial charge is 0.495 e. The molecule has 0 aliphatic carbocycles. The van der Waals surface area contributed by atoms with Gasteiger partial charge in [-0.25, -0.2) is 9.59 Å². The lowest BCUT2D eigenvalue weighted by atomic mass is 9.83. The van der Waals surface area contributed by atoms with E-state index in [-0.39, 0.29) is 41.9 Å². The number of carbonyl (C=O) groups is 5. The Balaban J connectivity index is 1.59. The molecule has 8 atom stereocenters. The highest BCUT2D eigenvalue weighted by Crippen LogP contribution is 2.49. The van der Waals surface area contributed by atoms with Crippen LogP contribution in [0.3, 0.4) is 0 Å². The van der Waals surface area contributed by atoms with E-state index >= 15 is 0 Å². The van der Waals surface area contributed by atoms with Gasteiger partial charge >= 0.3 is 12.1 Å². The fourth-order valence-electron chi connectivity index (χ4n) is 7.82. The Bertz CT molecular complexity index is 1910. The number of benzene rings is 1. The molecule has 4 bridgehead atoms. The van der Waals surface area contributed by atoms with Crippen LogP contribution in [-0.2, 0) is 44.5 Å². The third-order valence-electron chi connectivity index (χ3n) is 12.5. The molecule has 352 valence electrons. The van der Waals surface area contributed by atoms with E-state index in [0.29, 0.717) is 36.7 Å². The number of nitrogens with zero attached hydrogens (tertiary/aromatic N) is 3. The molecule has 17 heteroatoms. The standard InChI is InChI=1S/C46H69ClN4O11S/c1-27(2)18-20-49(9)39(54)26-63-44(6,7)19-17-37(52)50(10)30(5)42(55)61-36-24-38(53)51(11)32-22-31(23-33(58-12)40(32)47)21-28(3)15-14-16-35(59-13)46(57)25-34(60-43(56)48-46)29(4)41-45(36,8)62-41/h14-16,22-23,27,29-30,34-36,41,57H,17-21,24-26H2,1-13H3,(H,48,56)/b16-14+,28-15+/t29-,30+,34+,35-,36+,41+,45-,46+/m1/s1. The predicted octanol–water partition coefficient (Wildman–Crippen LogP) is 6.31. The minimum Gasteiger partial charge on any atom is -0.495 e. The van der Waals surface area contributed by atoms with Gasteiger partial charge in [0, 0.05) is 58.3 Å². The molecular formula is C46H69ClN4O11S. The first-order valence-corrected chi connectivity index (χ1v) is 22.9. The van der Waals surface area contributed by atoms with Crippen LogP contribution >= 0.6 is 23.4 Å². The summed E-state index contributed by atoms with van der Waals surface area (Å²) in [6.45, 7) is 15.9. The number of thioether (sulfide) groups is 1. The van der Waals surface area contributed by atoms with E-state index in [1.807, 2.05) is 26.8 Å². The van der Waals surface area contributed by atoms with Crippen molar-refractivity contribution in [2.24, 2.45) is 11.8 Å². The zero-order valence-corrected chi connectivity index (χ0v) is 40.8. The van der Waals surface area contributed by atoms with Crippen molar-refractivity contribution >= 4 is 58.8 Å². The first kappa shape index (κ1) is 51.8. The smallest absolute Gasteiger partial charge is 0.409 e. The normalized spacial score (nSPS) is 28.4.